The Morgan fingerprint density at radius 1 is 0.879 bits per heavy atom. The molecule has 1 aliphatic heterocycles. The van der Waals surface area contributed by atoms with Crippen LogP contribution in [0.15, 0.2) is 97.3 Å². The van der Waals surface area contributed by atoms with Gasteiger partial charge < -0.3 is 19.7 Å². The highest BCUT2D eigenvalue weighted by Crippen LogP contribution is 2.30. The number of urea groups is 1. The second-order valence-electron chi connectivity index (χ2n) is 7.70. The number of aromatic nitrogens is 1. The van der Waals surface area contributed by atoms with Crippen LogP contribution in [0.4, 0.5) is 10.5 Å². The maximum absolute atomic E-state index is 13.1. The number of anilines is 1. The van der Waals surface area contributed by atoms with E-state index in [4.69, 9.17) is 9.47 Å². The van der Waals surface area contributed by atoms with E-state index in [1.807, 2.05) is 78.9 Å². The summed E-state index contributed by atoms with van der Waals surface area (Å²) in [6.45, 7) is 1.39. The molecule has 0 fully saturated rings. The maximum atomic E-state index is 13.1. The van der Waals surface area contributed by atoms with Crippen molar-refractivity contribution in [3.8, 4) is 28.4 Å². The Hall–Kier alpha value is -4.32. The highest BCUT2D eigenvalue weighted by molar-refractivity contribution is 5.89. The van der Waals surface area contributed by atoms with Crippen molar-refractivity contribution < 1.29 is 14.3 Å². The molecule has 33 heavy (non-hydrogen) atoms. The van der Waals surface area contributed by atoms with E-state index in [2.05, 4.69) is 16.4 Å². The van der Waals surface area contributed by atoms with Crippen LogP contribution in [0.3, 0.4) is 0 Å². The van der Waals surface area contributed by atoms with Crippen LogP contribution in [-0.2, 0) is 6.54 Å². The number of hydrogen-bond acceptors (Lipinski definition) is 4. The van der Waals surface area contributed by atoms with Crippen molar-refractivity contribution >= 4 is 11.7 Å². The van der Waals surface area contributed by atoms with Crippen molar-refractivity contribution in [1.82, 2.24) is 9.88 Å². The van der Waals surface area contributed by atoms with E-state index in [-0.39, 0.29) is 6.03 Å². The first-order valence-corrected chi connectivity index (χ1v) is 10.8. The predicted octanol–water partition coefficient (Wildman–Crippen LogP) is 5.97. The van der Waals surface area contributed by atoms with E-state index in [0.29, 0.717) is 31.1 Å². The zero-order chi connectivity index (χ0) is 22.5. The summed E-state index contributed by atoms with van der Waals surface area (Å²) < 4.78 is 11.8. The molecule has 5 rings (SSSR count). The Labute approximate surface area is 192 Å². The van der Waals surface area contributed by atoms with Gasteiger partial charge >= 0.3 is 6.03 Å². The lowest BCUT2D eigenvalue weighted by atomic mass is 10.0. The van der Waals surface area contributed by atoms with Crippen molar-refractivity contribution in [2.75, 3.05) is 18.5 Å². The van der Waals surface area contributed by atoms with Crippen molar-refractivity contribution in [3.05, 3.63) is 103 Å². The molecule has 6 heteroatoms. The summed E-state index contributed by atoms with van der Waals surface area (Å²) in [6.07, 6.45) is 3.54. The second kappa shape index (κ2) is 9.44. The molecule has 4 aromatic rings. The van der Waals surface area contributed by atoms with Crippen LogP contribution >= 0.6 is 0 Å². The minimum atomic E-state index is -0.183. The molecule has 1 aliphatic rings. The van der Waals surface area contributed by atoms with E-state index in [9.17, 15) is 4.79 Å². The summed E-state index contributed by atoms with van der Waals surface area (Å²) in [5.74, 6) is 2.21. The Balaban J connectivity index is 1.30. The third kappa shape index (κ3) is 4.96. The van der Waals surface area contributed by atoms with Gasteiger partial charge in [0.1, 0.15) is 23.9 Å². The summed E-state index contributed by atoms with van der Waals surface area (Å²) in [7, 11) is 0. The van der Waals surface area contributed by atoms with E-state index in [1.165, 1.54) is 0 Å². The van der Waals surface area contributed by atoms with Gasteiger partial charge in [0.05, 0.1) is 13.1 Å². The fourth-order valence-electron chi connectivity index (χ4n) is 3.76. The van der Waals surface area contributed by atoms with E-state index < -0.39 is 0 Å². The van der Waals surface area contributed by atoms with Crippen LogP contribution in [0.5, 0.6) is 17.2 Å². The Morgan fingerprint density at radius 2 is 1.70 bits per heavy atom. The third-order valence-corrected chi connectivity index (χ3v) is 5.41. The van der Waals surface area contributed by atoms with Gasteiger partial charge in [-0.2, -0.15) is 0 Å². The molecule has 0 atom stereocenters. The molecule has 2 amide bonds. The average Bonchev–Trinajstić information content (AvgIpc) is 3.08. The number of benzene rings is 3. The molecule has 0 radical (unpaired) electrons. The SMILES string of the molecule is O=C(Nc1cccc(Oc2ccccc2)c1)N1CCOc2ccc(-c3ccncc3)cc2C1. The molecular weight excluding hydrogens is 414 g/mol. The summed E-state index contributed by atoms with van der Waals surface area (Å²) in [4.78, 5) is 18.9. The van der Waals surface area contributed by atoms with Gasteiger partial charge in [0.2, 0.25) is 0 Å². The van der Waals surface area contributed by atoms with Gasteiger partial charge in [-0.15, -0.1) is 0 Å². The Morgan fingerprint density at radius 3 is 2.55 bits per heavy atom. The molecule has 0 aliphatic carbocycles. The van der Waals surface area contributed by atoms with Crippen LogP contribution in [-0.4, -0.2) is 29.1 Å². The average molecular weight is 437 g/mol. The van der Waals surface area contributed by atoms with Crippen LogP contribution in [0.25, 0.3) is 11.1 Å². The molecule has 0 saturated heterocycles. The van der Waals surface area contributed by atoms with Gasteiger partial charge in [-0.3, -0.25) is 4.98 Å². The minimum Gasteiger partial charge on any atom is -0.491 e. The molecule has 0 spiro atoms. The predicted molar refractivity (Wildman–Crippen MR) is 128 cm³/mol. The number of nitrogens with zero attached hydrogens (tertiary/aromatic N) is 2. The standard InChI is InChI=1S/C27H23N3O3/c31-27(29-23-5-4-8-25(18-23)33-24-6-2-1-3-7-24)30-15-16-32-26-10-9-21(17-22(26)19-30)20-11-13-28-14-12-20/h1-14,17-18H,15-16,19H2,(H,29,31). The summed E-state index contributed by atoms with van der Waals surface area (Å²) in [5, 5.41) is 2.99. The fraction of sp³-hybridized carbons (Fsp3) is 0.111. The Kier molecular flexibility index (Phi) is 5.89. The van der Waals surface area contributed by atoms with E-state index in [1.54, 1.807) is 17.3 Å². The number of carbonyl (C=O) groups is 1. The topological polar surface area (TPSA) is 63.7 Å². The first kappa shape index (κ1) is 20.6. The number of rotatable bonds is 4. The van der Waals surface area contributed by atoms with E-state index in [0.717, 1.165) is 28.2 Å². The molecule has 6 nitrogen and oxygen atoms in total. The number of carbonyl (C=O) groups excluding carboxylic acids is 1. The quantitative estimate of drug-likeness (QED) is 0.427. The first-order valence-electron chi connectivity index (χ1n) is 10.8. The normalized spacial score (nSPS) is 12.8. The van der Waals surface area contributed by atoms with Crippen LogP contribution in [0.1, 0.15) is 5.56 Å². The van der Waals surface area contributed by atoms with Gasteiger partial charge in [0.25, 0.3) is 0 Å². The summed E-state index contributed by atoms with van der Waals surface area (Å²) in [6, 6.07) is 26.8. The van der Waals surface area contributed by atoms with Crippen molar-refractivity contribution in [2.45, 2.75) is 6.54 Å². The summed E-state index contributed by atoms with van der Waals surface area (Å²) in [5.41, 5.74) is 3.78. The highest BCUT2D eigenvalue weighted by atomic mass is 16.5. The number of hydrogen-bond donors (Lipinski definition) is 1. The highest BCUT2D eigenvalue weighted by Gasteiger charge is 2.20. The Bertz CT molecular complexity index is 1250. The number of pyridine rings is 1. The van der Waals surface area contributed by atoms with Gasteiger partial charge in [-0.1, -0.05) is 30.3 Å². The number of ether oxygens (including phenoxy) is 2. The molecule has 0 unspecified atom stereocenters. The largest absolute Gasteiger partial charge is 0.491 e. The van der Waals surface area contributed by atoms with Crippen molar-refractivity contribution in [3.63, 3.8) is 0 Å². The lowest BCUT2D eigenvalue weighted by Crippen LogP contribution is -2.36. The fourth-order valence-corrected chi connectivity index (χ4v) is 3.76. The molecule has 2 heterocycles. The first-order chi connectivity index (χ1) is 16.2. The van der Waals surface area contributed by atoms with Crippen molar-refractivity contribution in [1.29, 1.82) is 0 Å². The molecule has 1 N–H and O–H groups in total. The van der Waals surface area contributed by atoms with Gasteiger partial charge in [0, 0.05) is 29.7 Å². The lowest BCUT2D eigenvalue weighted by Gasteiger charge is -2.21. The smallest absolute Gasteiger partial charge is 0.322 e. The van der Waals surface area contributed by atoms with Crippen LogP contribution in [0, 0.1) is 0 Å². The zero-order valence-electron chi connectivity index (χ0n) is 18.0. The van der Waals surface area contributed by atoms with Crippen molar-refractivity contribution in [2.24, 2.45) is 0 Å². The van der Waals surface area contributed by atoms with E-state index >= 15 is 0 Å². The maximum Gasteiger partial charge on any atom is 0.322 e. The molecule has 0 saturated carbocycles. The molecule has 1 aromatic heterocycles. The van der Waals surface area contributed by atoms with Gasteiger partial charge in [0.15, 0.2) is 0 Å². The molecule has 164 valence electrons. The number of amides is 2. The van der Waals surface area contributed by atoms with Gasteiger partial charge in [-0.05, 0) is 59.7 Å². The molecular formula is C27H23N3O3. The summed E-state index contributed by atoms with van der Waals surface area (Å²) >= 11 is 0. The van der Waals surface area contributed by atoms with Crippen LogP contribution < -0.4 is 14.8 Å². The monoisotopic (exact) mass is 437 g/mol. The zero-order valence-corrected chi connectivity index (χ0v) is 18.0. The third-order valence-electron chi connectivity index (χ3n) is 5.41. The molecule has 3 aromatic carbocycles. The number of fused-ring (bicyclic) bond motifs is 1. The second-order valence-corrected chi connectivity index (χ2v) is 7.70. The number of para-hydroxylation sites is 1. The molecule has 0 bridgehead atoms. The minimum absolute atomic E-state index is 0.183. The number of nitrogens with one attached hydrogen (secondary N) is 1. The lowest BCUT2D eigenvalue weighted by molar-refractivity contribution is 0.200. The van der Waals surface area contributed by atoms with Gasteiger partial charge in [-0.25, -0.2) is 4.79 Å². The van der Waals surface area contributed by atoms with Crippen LogP contribution in [0.2, 0.25) is 0 Å².